The second kappa shape index (κ2) is 14.3. The number of hydrogen-bond acceptors (Lipinski definition) is 8. The molecule has 1 aromatic heterocycles. The third-order valence-electron chi connectivity index (χ3n) is 5.84. The molecule has 0 spiro atoms. The first kappa shape index (κ1) is 32.1. The van der Waals surface area contributed by atoms with Crippen molar-refractivity contribution in [3.05, 3.63) is 54.1 Å². The Labute approximate surface area is 238 Å². The standard InChI is InChI=1S/C26H35N5O6S.ClH/c1-26(2,3)37-25(36)30-13-18(28-16-30)12-19(27)23(33)31-11-7-10-21(31)22(32)29-20(24(34)35)15-38-14-17-8-5-4-6-9-17;/h4-6,8-9,13,16,19-21H,7,10-12,14-15,27H2,1-3H3,(H,29,32)(H,34,35);1H/t19-,20-,21-;/m0./s1. The van der Waals surface area contributed by atoms with Crippen molar-refractivity contribution in [2.75, 3.05) is 12.3 Å². The smallest absolute Gasteiger partial charge is 0.419 e. The fourth-order valence-corrected chi connectivity index (χ4v) is 5.03. The average molecular weight is 582 g/mol. The molecule has 13 heteroatoms. The topological polar surface area (TPSA) is 157 Å². The van der Waals surface area contributed by atoms with E-state index in [9.17, 15) is 24.3 Å². The summed E-state index contributed by atoms with van der Waals surface area (Å²) in [5.74, 6) is -1.26. The number of nitrogens with zero attached hydrogens (tertiary/aromatic N) is 3. The number of ether oxygens (including phenoxy) is 1. The Hall–Kier alpha value is -3.09. The highest BCUT2D eigenvalue weighted by molar-refractivity contribution is 7.98. The molecule has 1 saturated heterocycles. The van der Waals surface area contributed by atoms with E-state index in [1.54, 1.807) is 20.8 Å². The second-order valence-electron chi connectivity index (χ2n) is 10.2. The molecule has 0 aliphatic carbocycles. The number of likely N-dealkylation sites (tertiary alicyclic amines) is 1. The number of amides is 2. The normalized spacial score (nSPS) is 16.6. The summed E-state index contributed by atoms with van der Waals surface area (Å²) < 4.78 is 6.48. The van der Waals surface area contributed by atoms with Crippen LogP contribution < -0.4 is 11.1 Å². The number of carboxylic acids is 1. The average Bonchev–Trinajstić information content (AvgIpc) is 3.52. The van der Waals surface area contributed by atoms with E-state index in [1.165, 1.54) is 33.8 Å². The molecule has 2 heterocycles. The summed E-state index contributed by atoms with van der Waals surface area (Å²) in [6.45, 7) is 5.60. The summed E-state index contributed by atoms with van der Waals surface area (Å²) in [5, 5.41) is 12.2. The minimum atomic E-state index is -1.13. The predicted molar refractivity (Wildman–Crippen MR) is 150 cm³/mol. The number of carboxylic acid groups (broad SMARTS) is 1. The number of benzene rings is 1. The molecule has 0 radical (unpaired) electrons. The van der Waals surface area contributed by atoms with Gasteiger partial charge in [-0.3, -0.25) is 9.59 Å². The predicted octanol–water partition coefficient (Wildman–Crippen LogP) is 2.45. The molecule has 3 rings (SSSR count). The Morgan fingerprint density at radius 1 is 1.23 bits per heavy atom. The molecule has 0 saturated carbocycles. The molecule has 4 N–H and O–H groups in total. The maximum Gasteiger partial charge on any atom is 0.419 e. The van der Waals surface area contributed by atoms with Gasteiger partial charge in [0.15, 0.2) is 0 Å². The van der Waals surface area contributed by atoms with Gasteiger partial charge in [0.25, 0.3) is 0 Å². The number of imidazole rings is 1. The number of nitrogens with one attached hydrogen (secondary N) is 1. The highest BCUT2D eigenvalue weighted by atomic mass is 35.5. The number of aromatic nitrogens is 2. The molecular formula is C26H36ClN5O6S. The monoisotopic (exact) mass is 581 g/mol. The van der Waals surface area contributed by atoms with E-state index in [4.69, 9.17) is 10.5 Å². The van der Waals surface area contributed by atoms with Gasteiger partial charge in [0.1, 0.15) is 24.0 Å². The number of carbonyl (C=O) groups is 4. The zero-order valence-corrected chi connectivity index (χ0v) is 23.9. The Kier molecular flexibility index (Phi) is 11.8. The lowest BCUT2D eigenvalue weighted by molar-refractivity contribution is -0.143. The van der Waals surface area contributed by atoms with Gasteiger partial charge >= 0.3 is 12.1 Å². The van der Waals surface area contributed by atoms with Crippen LogP contribution >= 0.6 is 24.2 Å². The third kappa shape index (κ3) is 9.55. The maximum absolute atomic E-state index is 13.1. The lowest BCUT2D eigenvalue weighted by Gasteiger charge is -2.27. The molecule has 1 fully saturated rings. The van der Waals surface area contributed by atoms with Crippen LogP contribution in [0.5, 0.6) is 0 Å². The minimum absolute atomic E-state index is 0. The maximum atomic E-state index is 13.1. The zero-order chi connectivity index (χ0) is 27.9. The number of hydrogen-bond donors (Lipinski definition) is 3. The quantitative estimate of drug-likeness (QED) is 0.383. The number of carbonyl (C=O) groups excluding carboxylic acids is 3. The number of aliphatic carboxylic acids is 1. The summed E-state index contributed by atoms with van der Waals surface area (Å²) in [4.78, 5) is 55.6. The van der Waals surface area contributed by atoms with Crippen LogP contribution in [0.4, 0.5) is 4.79 Å². The first-order valence-corrected chi connectivity index (χ1v) is 13.6. The van der Waals surface area contributed by atoms with E-state index >= 15 is 0 Å². The number of rotatable bonds is 10. The van der Waals surface area contributed by atoms with Gasteiger partial charge in [0, 0.05) is 30.7 Å². The molecule has 0 unspecified atom stereocenters. The van der Waals surface area contributed by atoms with Gasteiger partial charge < -0.3 is 25.8 Å². The van der Waals surface area contributed by atoms with Crippen molar-refractivity contribution in [3.8, 4) is 0 Å². The summed E-state index contributed by atoms with van der Waals surface area (Å²) in [6, 6.07) is 6.77. The Balaban J connectivity index is 0.00000533. The molecule has 0 bridgehead atoms. The van der Waals surface area contributed by atoms with E-state index in [1.807, 2.05) is 30.3 Å². The van der Waals surface area contributed by atoms with Gasteiger partial charge in [0.05, 0.1) is 11.7 Å². The van der Waals surface area contributed by atoms with E-state index < -0.39 is 47.6 Å². The van der Waals surface area contributed by atoms with Crippen molar-refractivity contribution in [3.63, 3.8) is 0 Å². The molecule has 3 atom stereocenters. The van der Waals surface area contributed by atoms with Crippen molar-refractivity contribution < 1.29 is 29.0 Å². The van der Waals surface area contributed by atoms with Crippen LogP contribution in [-0.2, 0) is 31.3 Å². The highest BCUT2D eigenvalue weighted by Crippen LogP contribution is 2.20. The largest absolute Gasteiger partial charge is 0.480 e. The van der Waals surface area contributed by atoms with E-state index in [0.29, 0.717) is 30.8 Å². The van der Waals surface area contributed by atoms with Gasteiger partial charge in [-0.15, -0.1) is 12.4 Å². The lowest BCUT2D eigenvalue weighted by Crippen LogP contribution is -2.54. The second-order valence-corrected chi connectivity index (χ2v) is 11.2. The minimum Gasteiger partial charge on any atom is -0.480 e. The van der Waals surface area contributed by atoms with E-state index in [2.05, 4.69) is 10.3 Å². The number of nitrogens with two attached hydrogens (primary N) is 1. The molecule has 11 nitrogen and oxygen atoms in total. The van der Waals surface area contributed by atoms with Crippen molar-refractivity contribution in [2.45, 2.75) is 69.5 Å². The molecule has 214 valence electrons. The third-order valence-corrected chi connectivity index (χ3v) is 6.94. The van der Waals surface area contributed by atoms with E-state index in [0.717, 1.165) is 5.56 Å². The first-order valence-electron chi connectivity index (χ1n) is 12.4. The fourth-order valence-electron chi connectivity index (χ4n) is 4.02. The lowest BCUT2D eigenvalue weighted by atomic mass is 10.1. The fraction of sp³-hybridized carbons (Fsp3) is 0.500. The molecule has 1 aliphatic heterocycles. The summed E-state index contributed by atoms with van der Waals surface area (Å²) in [5.41, 5.74) is 6.99. The van der Waals surface area contributed by atoms with Gasteiger partial charge in [-0.1, -0.05) is 30.3 Å². The van der Waals surface area contributed by atoms with Crippen LogP contribution in [0.1, 0.15) is 44.9 Å². The Morgan fingerprint density at radius 3 is 2.56 bits per heavy atom. The summed E-state index contributed by atoms with van der Waals surface area (Å²) >= 11 is 1.41. The van der Waals surface area contributed by atoms with Gasteiger partial charge in [-0.05, 0) is 39.2 Å². The molecular weight excluding hydrogens is 546 g/mol. The zero-order valence-electron chi connectivity index (χ0n) is 22.2. The Bertz CT molecular complexity index is 1140. The van der Waals surface area contributed by atoms with Gasteiger partial charge in [-0.2, -0.15) is 11.8 Å². The molecule has 1 aromatic carbocycles. The van der Waals surface area contributed by atoms with Crippen LogP contribution in [-0.4, -0.2) is 79.5 Å². The molecule has 1 aliphatic rings. The number of thioether (sulfide) groups is 1. The summed E-state index contributed by atoms with van der Waals surface area (Å²) in [7, 11) is 0. The van der Waals surface area contributed by atoms with Crippen molar-refractivity contribution in [1.29, 1.82) is 0 Å². The molecule has 39 heavy (non-hydrogen) atoms. The first-order chi connectivity index (χ1) is 17.9. The van der Waals surface area contributed by atoms with Crippen LogP contribution in [0, 0.1) is 0 Å². The number of halogens is 1. The van der Waals surface area contributed by atoms with Crippen molar-refractivity contribution >= 4 is 48.0 Å². The van der Waals surface area contributed by atoms with Crippen LogP contribution in [0.2, 0.25) is 0 Å². The van der Waals surface area contributed by atoms with Crippen LogP contribution in [0.25, 0.3) is 0 Å². The SMILES string of the molecule is CC(C)(C)OC(=O)n1cnc(C[C@H](N)C(=O)N2CCC[C@H]2C(=O)N[C@@H](CSCc2ccccc2)C(=O)O)c1.Cl. The highest BCUT2D eigenvalue weighted by Gasteiger charge is 2.37. The molecule has 2 aromatic rings. The van der Waals surface area contributed by atoms with Crippen molar-refractivity contribution in [1.82, 2.24) is 19.8 Å². The van der Waals surface area contributed by atoms with Crippen molar-refractivity contribution in [2.24, 2.45) is 5.73 Å². The molecule has 2 amide bonds. The van der Waals surface area contributed by atoms with Gasteiger partial charge in [-0.25, -0.2) is 19.1 Å². The van der Waals surface area contributed by atoms with Gasteiger partial charge in [0.2, 0.25) is 11.8 Å². The summed E-state index contributed by atoms with van der Waals surface area (Å²) in [6.07, 6.45) is 3.25. The Morgan fingerprint density at radius 2 is 1.92 bits per heavy atom. The van der Waals surface area contributed by atoms with E-state index in [-0.39, 0.29) is 24.6 Å². The van der Waals surface area contributed by atoms with Crippen LogP contribution in [0.15, 0.2) is 42.9 Å². The van der Waals surface area contributed by atoms with Crippen LogP contribution in [0.3, 0.4) is 0 Å².